The third-order valence-electron chi connectivity index (χ3n) is 20.3. The number of nitrogens with two attached hydrogens (primary N) is 2. The number of hydrogen-bond donors (Lipinski definition) is 16. The van der Waals surface area contributed by atoms with E-state index in [1.54, 1.807) is 152 Å². The summed E-state index contributed by atoms with van der Waals surface area (Å²) in [7, 11) is -4.52. The monoisotopic (exact) mass is 1760 g/mol. The molecule has 7 aromatic rings. The Labute approximate surface area is 730 Å². The van der Waals surface area contributed by atoms with Gasteiger partial charge in [0.25, 0.3) is 5.91 Å². The van der Waals surface area contributed by atoms with Gasteiger partial charge in [0.15, 0.2) is 40.6 Å². The molecule has 5 amide bonds. The van der Waals surface area contributed by atoms with Crippen LogP contribution in [0, 0.1) is 34.5 Å². The number of carbonyl (C=O) groups is 11. The van der Waals surface area contributed by atoms with Gasteiger partial charge in [0.2, 0.25) is 33.7 Å². The van der Waals surface area contributed by atoms with Crippen molar-refractivity contribution in [3.05, 3.63) is 204 Å². The van der Waals surface area contributed by atoms with Crippen molar-refractivity contribution >= 4 is 115 Å². The van der Waals surface area contributed by atoms with E-state index in [-0.39, 0.29) is 135 Å². The molecule has 2 unspecified atom stereocenters. The first-order chi connectivity index (χ1) is 59.9. The number of amides is 5. The Morgan fingerprint density at radius 2 is 0.920 bits per heavy atom. The number of ether oxygens (including phenoxy) is 2. The molecule has 0 aromatic heterocycles. The Kier molecular flexibility index (Phi) is 41.4. The van der Waals surface area contributed by atoms with Crippen LogP contribution in [0.15, 0.2) is 181 Å². The molecule has 0 bridgehead atoms. The molecule has 0 radical (unpaired) electrons. The standard InChI is InChI=1S/C90H114N14O19S2/c1-4-6-40-96-74-49-64(50-76(104-124(118)119)82(74)122-69-35-19-11-20-36-69)77(106)52-63(33-23-24-42-98-85(112)67-51-75(97-41-7-5-2)83(80(55-67)125(94,120)121)123-70-37-21-12-22-38-70)86(113)102-73(47-61-31-17-10-18-32-61)79(108)54-65(45-59-27-13-8-14-28-59)87(114)103-72(46-60-29-15-9-16-30-60)78(107)53-62(34-25-44-99-90(92)93)84(111)100-57-68(105)48-66(56-81(109)110)88(115)101-71(89(116)117)39-26-43-95-58(3)91/h8-22,27-32,35-38,49-51,55,62-63,65-66,71-73,96-97,104H,4-7,23-26,33-34,39-48,52-54,56-57H2,1-3H3,(H2,91,95)(H,98,112)(H,100,111)(H,101,115)(H,102,113)(H,103,114)(H,109,110)(H,116,117)(H,118,119)(H4,92,93,99)(H2,94,120,121)/p-1/t62-,63?,65-,66+,71+,72+,73+/m1/s1. The second kappa shape index (κ2) is 52.0. The minimum absolute atomic E-state index is 0.0367. The Morgan fingerprint density at radius 1 is 0.472 bits per heavy atom. The number of Topliss-reactive ketones (excluding diaryl/α,β-unsaturated/α-hetero) is 4. The molecule has 8 atom stereocenters. The van der Waals surface area contributed by atoms with E-state index in [9.17, 15) is 56.2 Å². The lowest BCUT2D eigenvalue weighted by molar-refractivity contribution is -0.144. The Bertz CT molecular complexity index is 4940. The van der Waals surface area contributed by atoms with E-state index in [1.165, 1.54) is 25.1 Å². The molecule has 0 aliphatic carbocycles. The van der Waals surface area contributed by atoms with E-state index in [0.717, 1.165) is 18.9 Å². The van der Waals surface area contributed by atoms with Crippen molar-refractivity contribution in [2.75, 3.05) is 54.6 Å². The minimum Gasteiger partial charge on any atom is -0.755 e. The fraction of sp³-hybridized carbons (Fsp3) is 0.389. The molecule has 0 aliphatic heterocycles. The van der Waals surface area contributed by atoms with Crippen molar-refractivity contribution in [3.63, 3.8) is 0 Å². The summed E-state index contributed by atoms with van der Waals surface area (Å²) in [4.78, 5) is 156. The van der Waals surface area contributed by atoms with E-state index in [2.05, 4.69) is 52.6 Å². The third kappa shape index (κ3) is 35.2. The van der Waals surface area contributed by atoms with Gasteiger partial charge in [-0.05, 0) is 143 Å². The summed E-state index contributed by atoms with van der Waals surface area (Å²) in [6.45, 7) is 5.64. The van der Waals surface area contributed by atoms with Gasteiger partial charge in [-0.1, -0.05) is 161 Å². The average Bonchev–Trinajstić information content (AvgIpc) is 0.787. The van der Waals surface area contributed by atoms with Crippen LogP contribution < -0.4 is 72.9 Å². The van der Waals surface area contributed by atoms with Crippen molar-refractivity contribution in [2.24, 2.45) is 34.5 Å². The predicted octanol–water partition coefficient (Wildman–Crippen LogP) is 9.55. The van der Waals surface area contributed by atoms with Crippen molar-refractivity contribution in [3.8, 4) is 23.0 Å². The van der Waals surface area contributed by atoms with Gasteiger partial charge in [-0.15, -0.1) is 0 Å². The quantitative estimate of drug-likeness (QED) is 0.00554. The SMILES string of the molecule is CCCCNc1cc(C(=O)CC(CCCCNC(=O)c2cc(NCCCC)c(Oc3ccccc3)c(S(N)(=O)=O)c2)C(=O)N[C@@H](Cc2ccccc2)C(=O)C[C@@H](Cc2ccccc2)C(=O)N[C@@H](Cc2ccccc2)C(=O)C[C@@H](CCCNC(=N)N)C(=O)NCC(=O)C[C@@H](CC(=O)O)C(=O)N[C@@H](CCCNC(C)=N)C(=O)O)cc(NS(=O)[O-])c1Oc1ccccc1. The Hall–Kier alpha value is -12.7. The Morgan fingerprint density at radius 3 is 1.43 bits per heavy atom. The molecule has 0 aliphatic rings. The normalized spacial score (nSPS) is 13.0. The number of anilines is 3. The molecule has 0 heterocycles. The van der Waals surface area contributed by atoms with Gasteiger partial charge in [0, 0.05) is 98.6 Å². The number of carboxylic acid groups (broad SMARTS) is 2. The molecule has 0 saturated carbocycles. The van der Waals surface area contributed by atoms with E-state index in [1.807, 2.05) is 13.8 Å². The summed E-state index contributed by atoms with van der Waals surface area (Å²) >= 11 is -2.95. The van der Waals surface area contributed by atoms with Crippen LogP contribution in [-0.2, 0) is 83.7 Å². The zero-order valence-electron chi connectivity index (χ0n) is 70.3. The van der Waals surface area contributed by atoms with Gasteiger partial charge in [0.05, 0.1) is 53.9 Å². The predicted molar refractivity (Wildman–Crippen MR) is 474 cm³/mol. The lowest BCUT2D eigenvalue weighted by atomic mass is 9.87. The van der Waals surface area contributed by atoms with Gasteiger partial charge in [-0.25, -0.2) is 18.4 Å². The summed E-state index contributed by atoms with van der Waals surface area (Å²) in [5.41, 5.74) is 7.52. The number of benzene rings is 7. The molecule has 0 saturated heterocycles. The molecular weight excluding hydrogens is 1650 g/mol. The van der Waals surface area contributed by atoms with E-state index >= 15 is 24.0 Å². The lowest BCUT2D eigenvalue weighted by Crippen LogP contribution is -2.49. The highest BCUT2D eigenvalue weighted by atomic mass is 32.2. The first-order valence-corrected chi connectivity index (χ1v) is 44.2. The van der Waals surface area contributed by atoms with E-state index in [4.69, 9.17) is 31.2 Å². The molecule has 18 N–H and O–H groups in total. The highest BCUT2D eigenvalue weighted by molar-refractivity contribution is 7.89. The molecule has 35 heteroatoms. The highest BCUT2D eigenvalue weighted by Gasteiger charge is 2.36. The van der Waals surface area contributed by atoms with Gasteiger partial charge >= 0.3 is 11.9 Å². The molecule has 0 spiro atoms. The number of carbonyl (C=O) groups excluding carboxylic acids is 9. The third-order valence-corrected chi connectivity index (χ3v) is 21.6. The van der Waals surface area contributed by atoms with Crippen LogP contribution in [0.3, 0.4) is 0 Å². The summed E-state index contributed by atoms with van der Waals surface area (Å²) < 4.78 is 66.4. The van der Waals surface area contributed by atoms with Gasteiger partial charge in [0.1, 0.15) is 22.4 Å². The fourth-order valence-corrected chi connectivity index (χ4v) is 14.8. The van der Waals surface area contributed by atoms with Crippen LogP contribution >= 0.6 is 0 Å². The van der Waals surface area contributed by atoms with Crippen LogP contribution in [0.4, 0.5) is 17.1 Å². The zero-order chi connectivity index (χ0) is 90.8. The van der Waals surface area contributed by atoms with E-state index in [0.29, 0.717) is 54.1 Å². The van der Waals surface area contributed by atoms with Crippen molar-refractivity contribution < 1.29 is 89.6 Å². The molecule has 125 heavy (non-hydrogen) atoms. The van der Waals surface area contributed by atoms with Crippen molar-refractivity contribution in [2.45, 2.75) is 166 Å². The molecule has 7 rings (SSSR count). The summed E-state index contributed by atoms with van der Waals surface area (Å²) in [5.74, 6) is -14.8. The van der Waals surface area contributed by atoms with Gasteiger partial charge in [-0.2, -0.15) is 0 Å². The number of ketones is 4. The number of guanidine groups is 1. The van der Waals surface area contributed by atoms with Crippen LogP contribution in [0.2, 0.25) is 0 Å². The number of rotatable bonds is 58. The van der Waals surface area contributed by atoms with Crippen molar-refractivity contribution in [1.29, 1.82) is 10.8 Å². The van der Waals surface area contributed by atoms with Crippen LogP contribution in [0.1, 0.15) is 161 Å². The van der Waals surface area contributed by atoms with E-state index < -0.39 is 171 Å². The lowest BCUT2D eigenvalue weighted by Gasteiger charge is -2.26. The second-order valence-electron chi connectivity index (χ2n) is 30.4. The maximum atomic E-state index is 15.6. The molecular formula is C90H113N14O19S2-. The average molecular weight is 1760 g/mol. The second-order valence-corrected chi connectivity index (χ2v) is 32.6. The number of amidine groups is 1. The molecule has 670 valence electrons. The number of unbranched alkanes of at least 4 members (excludes halogenated alkanes) is 3. The number of hydrogen-bond acceptors (Lipinski definition) is 21. The zero-order valence-corrected chi connectivity index (χ0v) is 71.9. The number of para-hydroxylation sites is 2. The minimum atomic E-state index is -4.52. The smallest absolute Gasteiger partial charge is 0.326 e. The molecule has 7 aromatic carbocycles. The summed E-state index contributed by atoms with van der Waals surface area (Å²) in [6, 6.07) is 43.9. The number of sulfonamides is 1. The number of carboxylic acids is 2. The van der Waals surface area contributed by atoms with Crippen LogP contribution in [0.25, 0.3) is 0 Å². The largest absolute Gasteiger partial charge is 0.755 e. The molecule has 33 nitrogen and oxygen atoms in total. The first kappa shape index (κ1) is 99.4. The summed E-state index contributed by atoms with van der Waals surface area (Å²) in [6.07, 6.45) is -0.357. The topological polar surface area (TPSA) is 541 Å². The number of nitrogens with one attached hydrogen (secondary N) is 12. The van der Waals surface area contributed by atoms with Gasteiger partial charge < -0.3 is 82.5 Å². The highest BCUT2D eigenvalue weighted by Crippen LogP contribution is 2.41. The number of primary sulfonamides is 1. The summed E-state index contributed by atoms with van der Waals surface area (Å²) in [5, 5.41) is 66.0. The Balaban J connectivity index is 1.20. The van der Waals surface area contributed by atoms with Crippen LogP contribution in [-0.4, -0.2) is 161 Å². The maximum Gasteiger partial charge on any atom is 0.326 e. The molecule has 0 fully saturated rings. The number of aliphatic carboxylic acids is 2. The fourth-order valence-electron chi connectivity index (χ4n) is 13.7. The van der Waals surface area contributed by atoms with Gasteiger partial charge in [-0.3, -0.25) is 63.0 Å². The maximum absolute atomic E-state index is 15.6. The first-order valence-electron chi connectivity index (χ1n) is 41.6. The van der Waals surface area contributed by atoms with Crippen molar-refractivity contribution in [1.82, 2.24) is 37.2 Å². The van der Waals surface area contributed by atoms with Crippen LogP contribution in [0.5, 0.6) is 23.0 Å².